The minimum Gasteiger partial charge on any atom is -0.493 e. The van der Waals surface area contributed by atoms with Crippen LogP contribution in [0.2, 0.25) is 0 Å². The van der Waals surface area contributed by atoms with Crippen LogP contribution in [0.4, 0.5) is 5.69 Å². The fourth-order valence-electron chi connectivity index (χ4n) is 2.39. The van der Waals surface area contributed by atoms with Gasteiger partial charge in [-0.25, -0.2) is 0 Å². The van der Waals surface area contributed by atoms with Gasteiger partial charge in [0.15, 0.2) is 5.75 Å². The van der Waals surface area contributed by atoms with E-state index in [9.17, 15) is 14.9 Å². The average molecular weight is 294 g/mol. The lowest BCUT2D eigenvalue weighted by Gasteiger charge is -2.16. The highest BCUT2D eigenvalue weighted by atomic mass is 16.6. The summed E-state index contributed by atoms with van der Waals surface area (Å²) in [5.74, 6) is 0.278. The third kappa shape index (κ3) is 3.69. The van der Waals surface area contributed by atoms with Crippen molar-refractivity contribution < 1.29 is 19.2 Å². The molecule has 0 aliphatic carbocycles. The van der Waals surface area contributed by atoms with E-state index in [0.29, 0.717) is 12.9 Å². The zero-order chi connectivity index (χ0) is 15.2. The van der Waals surface area contributed by atoms with E-state index >= 15 is 0 Å². The van der Waals surface area contributed by atoms with E-state index in [1.54, 1.807) is 0 Å². The minimum absolute atomic E-state index is 0.0762. The number of nitro groups is 1. The van der Waals surface area contributed by atoms with Gasteiger partial charge in [-0.15, -0.1) is 0 Å². The molecule has 0 amide bonds. The van der Waals surface area contributed by atoms with Gasteiger partial charge >= 0.3 is 5.69 Å². The van der Waals surface area contributed by atoms with Gasteiger partial charge in [-0.2, -0.15) is 0 Å². The average Bonchev–Trinajstić information content (AvgIpc) is 3.00. The Balaban J connectivity index is 2.14. The summed E-state index contributed by atoms with van der Waals surface area (Å²) in [6.07, 6.45) is 2.90. The minimum atomic E-state index is -0.569. The van der Waals surface area contributed by atoms with E-state index in [1.807, 2.05) is 0 Å². The summed E-state index contributed by atoms with van der Waals surface area (Å²) >= 11 is 0. The Morgan fingerprint density at radius 2 is 2.10 bits per heavy atom. The standard InChI is InChI=1S/C14H18N2O5/c1-20-13-9-11(10-17)8-12(16(18)19)14(13)21-7-6-15-4-2-3-5-15/h8-10H,2-7H2,1H3. The molecule has 0 spiro atoms. The second-order valence-electron chi connectivity index (χ2n) is 4.84. The van der Waals surface area contributed by atoms with E-state index in [-0.39, 0.29) is 22.7 Å². The Bertz CT molecular complexity index is 526. The first-order valence-electron chi connectivity index (χ1n) is 6.82. The van der Waals surface area contributed by atoms with Crippen molar-refractivity contribution in [2.75, 3.05) is 33.4 Å². The number of carbonyl (C=O) groups is 1. The van der Waals surface area contributed by atoms with Gasteiger partial charge in [0.2, 0.25) is 5.75 Å². The van der Waals surface area contributed by atoms with Gasteiger partial charge in [0.25, 0.3) is 0 Å². The number of rotatable bonds is 7. The molecular formula is C14H18N2O5. The molecule has 1 aromatic rings. The zero-order valence-corrected chi connectivity index (χ0v) is 11.9. The maximum Gasteiger partial charge on any atom is 0.315 e. The lowest BCUT2D eigenvalue weighted by atomic mass is 10.2. The first-order valence-corrected chi connectivity index (χ1v) is 6.82. The number of benzene rings is 1. The van der Waals surface area contributed by atoms with Crippen molar-refractivity contribution in [2.45, 2.75) is 12.8 Å². The molecule has 114 valence electrons. The first-order chi connectivity index (χ1) is 10.2. The molecule has 2 rings (SSSR count). The molecule has 0 saturated carbocycles. The normalized spacial score (nSPS) is 14.9. The SMILES string of the molecule is COc1cc(C=O)cc([N+](=O)[O-])c1OCCN1CCCC1. The van der Waals surface area contributed by atoms with E-state index < -0.39 is 4.92 Å². The monoisotopic (exact) mass is 294 g/mol. The van der Waals surface area contributed by atoms with Crippen molar-refractivity contribution >= 4 is 12.0 Å². The van der Waals surface area contributed by atoms with Crippen LogP contribution in [0.1, 0.15) is 23.2 Å². The number of aldehydes is 1. The van der Waals surface area contributed by atoms with E-state index in [0.717, 1.165) is 19.6 Å². The molecule has 1 saturated heterocycles. The fourth-order valence-corrected chi connectivity index (χ4v) is 2.39. The van der Waals surface area contributed by atoms with Gasteiger partial charge in [-0.1, -0.05) is 0 Å². The van der Waals surface area contributed by atoms with Crippen LogP contribution in [0, 0.1) is 10.1 Å². The predicted molar refractivity (Wildman–Crippen MR) is 76.2 cm³/mol. The maximum absolute atomic E-state index is 11.1. The van der Waals surface area contributed by atoms with Crippen LogP contribution in [0.15, 0.2) is 12.1 Å². The molecule has 0 aromatic heterocycles. The first kappa shape index (κ1) is 15.2. The van der Waals surface area contributed by atoms with Crippen LogP contribution in [-0.2, 0) is 0 Å². The van der Waals surface area contributed by atoms with Crippen molar-refractivity contribution in [3.8, 4) is 11.5 Å². The van der Waals surface area contributed by atoms with Gasteiger partial charge in [0.05, 0.1) is 12.0 Å². The van der Waals surface area contributed by atoms with E-state index in [1.165, 1.54) is 32.1 Å². The number of ether oxygens (including phenoxy) is 2. The smallest absolute Gasteiger partial charge is 0.315 e. The molecule has 0 N–H and O–H groups in total. The number of hydrogen-bond donors (Lipinski definition) is 0. The molecular weight excluding hydrogens is 276 g/mol. The lowest BCUT2D eigenvalue weighted by molar-refractivity contribution is -0.386. The number of hydrogen-bond acceptors (Lipinski definition) is 6. The van der Waals surface area contributed by atoms with Crippen LogP contribution < -0.4 is 9.47 Å². The Hall–Kier alpha value is -2.15. The summed E-state index contributed by atoms with van der Waals surface area (Å²) in [6, 6.07) is 2.63. The molecule has 1 aliphatic rings. The molecule has 1 aromatic carbocycles. The molecule has 0 radical (unpaired) electrons. The van der Waals surface area contributed by atoms with Gasteiger partial charge in [0, 0.05) is 18.2 Å². The van der Waals surface area contributed by atoms with Gasteiger partial charge in [-0.3, -0.25) is 19.8 Å². The zero-order valence-electron chi connectivity index (χ0n) is 11.9. The molecule has 1 fully saturated rings. The maximum atomic E-state index is 11.1. The van der Waals surface area contributed by atoms with Crippen LogP contribution in [-0.4, -0.2) is 49.5 Å². The number of methoxy groups -OCH3 is 1. The van der Waals surface area contributed by atoms with Crippen LogP contribution >= 0.6 is 0 Å². The summed E-state index contributed by atoms with van der Waals surface area (Å²) in [5.41, 5.74) is -0.0664. The Labute approximate surface area is 122 Å². The molecule has 0 unspecified atom stereocenters. The Morgan fingerprint density at radius 3 is 2.67 bits per heavy atom. The highest BCUT2D eigenvalue weighted by molar-refractivity contribution is 5.79. The van der Waals surface area contributed by atoms with Gasteiger partial charge in [0.1, 0.15) is 12.9 Å². The van der Waals surface area contributed by atoms with Gasteiger partial charge < -0.3 is 9.47 Å². The van der Waals surface area contributed by atoms with Crippen molar-refractivity contribution in [1.29, 1.82) is 0 Å². The Morgan fingerprint density at radius 1 is 1.38 bits per heavy atom. The topological polar surface area (TPSA) is 81.9 Å². The number of likely N-dealkylation sites (tertiary alicyclic amines) is 1. The fraction of sp³-hybridized carbons (Fsp3) is 0.500. The van der Waals surface area contributed by atoms with E-state index in [2.05, 4.69) is 4.90 Å². The number of carbonyl (C=O) groups excluding carboxylic acids is 1. The molecule has 0 bridgehead atoms. The highest BCUT2D eigenvalue weighted by Gasteiger charge is 2.22. The third-order valence-electron chi connectivity index (χ3n) is 3.46. The molecule has 1 heterocycles. The van der Waals surface area contributed by atoms with Crippen LogP contribution in [0.25, 0.3) is 0 Å². The van der Waals surface area contributed by atoms with Crippen LogP contribution in [0.3, 0.4) is 0 Å². The molecule has 1 aliphatic heterocycles. The van der Waals surface area contributed by atoms with Crippen molar-refractivity contribution in [1.82, 2.24) is 4.90 Å². The summed E-state index contributed by atoms with van der Waals surface area (Å²) in [4.78, 5) is 23.6. The van der Waals surface area contributed by atoms with Crippen molar-refractivity contribution in [3.05, 3.63) is 27.8 Å². The quantitative estimate of drug-likeness (QED) is 0.434. The van der Waals surface area contributed by atoms with E-state index in [4.69, 9.17) is 9.47 Å². The second-order valence-corrected chi connectivity index (χ2v) is 4.84. The summed E-state index contributed by atoms with van der Waals surface area (Å²) < 4.78 is 10.7. The van der Waals surface area contributed by atoms with Crippen molar-refractivity contribution in [2.24, 2.45) is 0 Å². The molecule has 0 atom stereocenters. The second kappa shape index (κ2) is 7.03. The molecule has 7 heteroatoms. The summed E-state index contributed by atoms with van der Waals surface area (Å²) in [7, 11) is 1.39. The lowest BCUT2D eigenvalue weighted by Crippen LogP contribution is -2.25. The summed E-state index contributed by atoms with van der Waals surface area (Å²) in [5, 5.41) is 11.1. The largest absolute Gasteiger partial charge is 0.493 e. The van der Waals surface area contributed by atoms with Crippen LogP contribution in [0.5, 0.6) is 11.5 Å². The number of nitro benzene ring substituents is 1. The van der Waals surface area contributed by atoms with Gasteiger partial charge in [-0.05, 0) is 32.0 Å². The molecule has 7 nitrogen and oxygen atoms in total. The summed E-state index contributed by atoms with van der Waals surface area (Å²) in [6.45, 7) is 3.13. The molecule has 21 heavy (non-hydrogen) atoms. The van der Waals surface area contributed by atoms with Crippen molar-refractivity contribution in [3.63, 3.8) is 0 Å². The predicted octanol–water partition coefficient (Wildman–Crippen LogP) is 1.89. The third-order valence-corrected chi connectivity index (χ3v) is 3.46. The highest BCUT2D eigenvalue weighted by Crippen LogP contribution is 2.37. The number of nitrogens with zero attached hydrogens (tertiary/aromatic N) is 2. The Kier molecular flexibility index (Phi) is 5.10.